The molecule has 1 aliphatic carbocycles. The summed E-state index contributed by atoms with van der Waals surface area (Å²) in [4.78, 5) is 10.7. The number of halogens is 2. The van der Waals surface area contributed by atoms with Gasteiger partial charge in [0.2, 0.25) is 0 Å². The molecular weight excluding hydrogens is 241 g/mol. The standard InChI is InChI=1S/C8H11N3O2.2ClH/c9-5-3-1-2-4-6(5)10-11-7(4)8(12)13;;/h5H,1-3,9H2,(H,10,11)(H,12,13);2*1H. The smallest absolute Gasteiger partial charge is 0.356 e. The van der Waals surface area contributed by atoms with Crippen LogP contribution < -0.4 is 5.73 Å². The van der Waals surface area contributed by atoms with Gasteiger partial charge >= 0.3 is 5.97 Å². The third kappa shape index (κ3) is 2.42. The summed E-state index contributed by atoms with van der Waals surface area (Å²) in [5.74, 6) is -0.980. The number of fused-ring (bicyclic) bond motifs is 1. The fourth-order valence-electron chi connectivity index (χ4n) is 1.76. The Morgan fingerprint density at radius 3 is 2.80 bits per heavy atom. The van der Waals surface area contributed by atoms with Gasteiger partial charge in [-0.1, -0.05) is 0 Å². The number of aromatic carboxylic acids is 1. The molecular formula is C8H13Cl2N3O2. The maximum atomic E-state index is 10.7. The first-order chi connectivity index (χ1) is 6.20. The summed E-state index contributed by atoms with van der Waals surface area (Å²) in [6.45, 7) is 0. The second-order valence-electron chi connectivity index (χ2n) is 3.27. The molecule has 86 valence electrons. The first-order valence-electron chi connectivity index (χ1n) is 4.26. The van der Waals surface area contributed by atoms with E-state index < -0.39 is 5.97 Å². The lowest BCUT2D eigenvalue weighted by molar-refractivity contribution is 0.0689. The van der Waals surface area contributed by atoms with Crippen LogP contribution in [0.5, 0.6) is 0 Å². The minimum atomic E-state index is -0.980. The molecule has 1 unspecified atom stereocenters. The number of nitrogens with zero attached hydrogens (tertiary/aromatic N) is 1. The third-order valence-electron chi connectivity index (χ3n) is 2.41. The van der Waals surface area contributed by atoms with Crippen molar-refractivity contribution in [2.24, 2.45) is 5.73 Å². The summed E-state index contributed by atoms with van der Waals surface area (Å²) in [6.07, 6.45) is 2.60. The number of carbonyl (C=O) groups is 1. The number of rotatable bonds is 1. The van der Waals surface area contributed by atoms with E-state index in [2.05, 4.69) is 10.2 Å². The van der Waals surface area contributed by atoms with E-state index in [1.165, 1.54) is 0 Å². The van der Waals surface area contributed by atoms with Gasteiger partial charge < -0.3 is 10.8 Å². The Kier molecular flexibility index (Phi) is 5.07. The van der Waals surface area contributed by atoms with E-state index in [1.54, 1.807) is 0 Å². The number of hydrogen-bond donors (Lipinski definition) is 3. The predicted molar refractivity (Wildman–Crippen MR) is 59.9 cm³/mol. The van der Waals surface area contributed by atoms with Crippen molar-refractivity contribution in [2.45, 2.75) is 25.3 Å². The Morgan fingerprint density at radius 1 is 1.53 bits per heavy atom. The van der Waals surface area contributed by atoms with Crippen LogP contribution in [-0.2, 0) is 6.42 Å². The predicted octanol–water partition coefficient (Wildman–Crippen LogP) is 1.29. The molecule has 0 saturated heterocycles. The molecule has 0 aromatic carbocycles. The van der Waals surface area contributed by atoms with Gasteiger partial charge in [0.05, 0.1) is 5.69 Å². The SMILES string of the molecule is Cl.Cl.NC1CCCc2c(C(=O)O)n[nH]c21. The molecule has 1 atom stereocenters. The van der Waals surface area contributed by atoms with Crippen molar-refractivity contribution in [3.63, 3.8) is 0 Å². The first-order valence-corrected chi connectivity index (χ1v) is 4.26. The average molecular weight is 254 g/mol. The summed E-state index contributed by atoms with van der Waals surface area (Å²) >= 11 is 0. The highest BCUT2D eigenvalue weighted by atomic mass is 35.5. The second-order valence-corrected chi connectivity index (χ2v) is 3.27. The number of nitrogens with one attached hydrogen (secondary N) is 1. The first kappa shape index (κ1) is 14.2. The number of H-pyrrole nitrogens is 1. The van der Waals surface area contributed by atoms with E-state index in [4.69, 9.17) is 10.8 Å². The molecule has 15 heavy (non-hydrogen) atoms. The van der Waals surface area contributed by atoms with Crippen LogP contribution in [0.3, 0.4) is 0 Å². The van der Waals surface area contributed by atoms with Crippen molar-refractivity contribution in [1.82, 2.24) is 10.2 Å². The monoisotopic (exact) mass is 253 g/mol. The Labute approximate surface area is 99.2 Å². The fourth-order valence-corrected chi connectivity index (χ4v) is 1.76. The molecule has 7 heteroatoms. The van der Waals surface area contributed by atoms with Crippen molar-refractivity contribution in [1.29, 1.82) is 0 Å². The Bertz CT molecular complexity index is 354. The molecule has 0 bridgehead atoms. The Hall–Kier alpha value is -0.780. The van der Waals surface area contributed by atoms with Gasteiger partial charge in [-0.15, -0.1) is 24.8 Å². The van der Waals surface area contributed by atoms with Gasteiger partial charge in [0.25, 0.3) is 0 Å². The van der Waals surface area contributed by atoms with E-state index >= 15 is 0 Å². The van der Waals surface area contributed by atoms with Crippen LogP contribution >= 0.6 is 24.8 Å². The number of carboxylic acids is 1. The molecule has 5 nitrogen and oxygen atoms in total. The van der Waals surface area contributed by atoms with Crippen LogP contribution in [-0.4, -0.2) is 21.3 Å². The van der Waals surface area contributed by atoms with E-state index in [-0.39, 0.29) is 36.5 Å². The maximum absolute atomic E-state index is 10.7. The zero-order valence-electron chi connectivity index (χ0n) is 7.90. The normalized spacial score (nSPS) is 18.3. The largest absolute Gasteiger partial charge is 0.476 e. The zero-order valence-corrected chi connectivity index (χ0v) is 9.53. The van der Waals surface area contributed by atoms with Crippen LogP contribution in [0.25, 0.3) is 0 Å². The zero-order chi connectivity index (χ0) is 9.42. The van der Waals surface area contributed by atoms with E-state index in [0.717, 1.165) is 30.5 Å². The summed E-state index contributed by atoms with van der Waals surface area (Å²) in [7, 11) is 0. The number of nitrogens with two attached hydrogens (primary N) is 1. The Balaban J connectivity index is 0.000000980. The van der Waals surface area contributed by atoms with Gasteiger partial charge in [0.15, 0.2) is 5.69 Å². The van der Waals surface area contributed by atoms with Crippen molar-refractivity contribution in [3.8, 4) is 0 Å². The van der Waals surface area contributed by atoms with Gasteiger partial charge in [0, 0.05) is 11.6 Å². The van der Waals surface area contributed by atoms with E-state index in [1.807, 2.05) is 0 Å². The van der Waals surface area contributed by atoms with Gasteiger partial charge in [-0.3, -0.25) is 5.10 Å². The average Bonchev–Trinajstić information content (AvgIpc) is 2.48. The van der Waals surface area contributed by atoms with Crippen molar-refractivity contribution < 1.29 is 9.90 Å². The minimum absolute atomic E-state index is 0. The van der Waals surface area contributed by atoms with Crippen molar-refractivity contribution >= 4 is 30.8 Å². The lowest BCUT2D eigenvalue weighted by atomic mass is 9.92. The highest BCUT2D eigenvalue weighted by Crippen LogP contribution is 2.27. The Morgan fingerprint density at radius 2 is 2.20 bits per heavy atom. The molecule has 0 fully saturated rings. The van der Waals surface area contributed by atoms with Gasteiger partial charge in [-0.05, 0) is 19.3 Å². The molecule has 4 N–H and O–H groups in total. The molecule has 1 aliphatic rings. The highest BCUT2D eigenvalue weighted by Gasteiger charge is 2.25. The molecule has 0 spiro atoms. The maximum Gasteiger partial charge on any atom is 0.356 e. The van der Waals surface area contributed by atoms with E-state index in [9.17, 15) is 4.79 Å². The second kappa shape index (κ2) is 5.34. The number of aromatic nitrogens is 2. The van der Waals surface area contributed by atoms with Crippen LogP contribution in [0, 0.1) is 0 Å². The van der Waals surface area contributed by atoms with Crippen molar-refractivity contribution in [2.75, 3.05) is 0 Å². The summed E-state index contributed by atoms with van der Waals surface area (Å²) in [5, 5.41) is 15.2. The van der Waals surface area contributed by atoms with E-state index in [0.29, 0.717) is 0 Å². The number of hydrogen-bond acceptors (Lipinski definition) is 3. The lowest BCUT2D eigenvalue weighted by Gasteiger charge is -2.17. The molecule has 1 heterocycles. The van der Waals surface area contributed by atoms with Crippen LogP contribution in [0.2, 0.25) is 0 Å². The number of carboxylic acid groups (broad SMARTS) is 1. The summed E-state index contributed by atoms with van der Waals surface area (Å²) in [6, 6.07) is -0.0793. The molecule has 2 rings (SSSR count). The quantitative estimate of drug-likeness (QED) is 0.704. The molecule has 0 amide bonds. The minimum Gasteiger partial charge on any atom is -0.476 e. The van der Waals surface area contributed by atoms with Gasteiger partial charge in [0.1, 0.15) is 0 Å². The molecule has 0 radical (unpaired) electrons. The van der Waals surface area contributed by atoms with Crippen LogP contribution in [0.15, 0.2) is 0 Å². The van der Waals surface area contributed by atoms with Crippen LogP contribution in [0.4, 0.5) is 0 Å². The van der Waals surface area contributed by atoms with Crippen LogP contribution in [0.1, 0.15) is 40.6 Å². The number of aromatic amines is 1. The highest BCUT2D eigenvalue weighted by molar-refractivity contribution is 5.87. The van der Waals surface area contributed by atoms with Gasteiger partial charge in [-0.25, -0.2) is 4.79 Å². The fraction of sp³-hybridized carbons (Fsp3) is 0.500. The molecule has 0 saturated carbocycles. The molecule has 1 aromatic heterocycles. The molecule has 0 aliphatic heterocycles. The van der Waals surface area contributed by atoms with Crippen molar-refractivity contribution in [3.05, 3.63) is 17.0 Å². The topological polar surface area (TPSA) is 92.0 Å². The van der Waals surface area contributed by atoms with Gasteiger partial charge in [-0.2, -0.15) is 5.10 Å². The lowest BCUT2D eigenvalue weighted by Crippen LogP contribution is -2.18. The summed E-state index contributed by atoms with van der Waals surface area (Å²) in [5.41, 5.74) is 7.50. The summed E-state index contributed by atoms with van der Waals surface area (Å²) < 4.78 is 0. The third-order valence-corrected chi connectivity index (χ3v) is 2.41. The molecule has 1 aromatic rings.